The molecular weight excluding hydrogens is 266 g/mol. The molecule has 18 heavy (non-hydrogen) atoms. The maximum absolute atomic E-state index is 12.6. The Kier molecular flexibility index (Phi) is 4.22. The fourth-order valence-electron chi connectivity index (χ4n) is 1.58. The lowest BCUT2D eigenvalue weighted by Crippen LogP contribution is -2.42. The number of ether oxygens (including phenoxy) is 2. The Morgan fingerprint density at radius 1 is 1.06 bits per heavy atom. The summed E-state index contributed by atoms with van der Waals surface area (Å²) in [6.07, 6.45) is -15.7. The molecule has 3 atom stereocenters. The summed E-state index contributed by atoms with van der Waals surface area (Å²) in [5.74, 6) is 0. The molecule has 108 valence electrons. The van der Waals surface area contributed by atoms with Gasteiger partial charge >= 0.3 is 12.4 Å². The zero-order chi connectivity index (χ0) is 14.2. The molecule has 0 spiro atoms. The highest BCUT2D eigenvalue weighted by molar-refractivity contribution is 4.86. The van der Waals surface area contributed by atoms with Gasteiger partial charge in [0.25, 0.3) is 0 Å². The Morgan fingerprint density at radius 3 is 1.94 bits per heavy atom. The third kappa shape index (κ3) is 3.74. The molecule has 1 aliphatic heterocycles. The number of hydrogen-bond acceptors (Lipinski definition) is 2. The quantitative estimate of drug-likeness (QED) is 0.685. The second-order valence-electron chi connectivity index (χ2n) is 4.53. The molecule has 1 fully saturated rings. The van der Waals surface area contributed by atoms with Crippen molar-refractivity contribution >= 4 is 0 Å². The average molecular weight is 280 g/mol. The Balaban J connectivity index is 2.95. The maximum Gasteiger partial charge on any atom is 0.414 e. The van der Waals surface area contributed by atoms with E-state index in [-0.39, 0.29) is 6.42 Å². The van der Waals surface area contributed by atoms with Gasteiger partial charge in [0.1, 0.15) is 0 Å². The molecule has 0 aromatic carbocycles. The number of hydrogen-bond donors (Lipinski definition) is 0. The van der Waals surface area contributed by atoms with Crippen LogP contribution in [-0.2, 0) is 9.47 Å². The van der Waals surface area contributed by atoms with Crippen molar-refractivity contribution in [3.8, 4) is 0 Å². The molecule has 2 unspecified atom stereocenters. The first-order valence-electron chi connectivity index (χ1n) is 5.41. The average Bonchev–Trinajstić information content (AvgIpc) is 2.36. The van der Waals surface area contributed by atoms with E-state index in [1.54, 1.807) is 0 Å². The van der Waals surface area contributed by atoms with E-state index in [4.69, 9.17) is 4.74 Å². The smallest absolute Gasteiger partial charge is 0.366 e. The van der Waals surface area contributed by atoms with Gasteiger partial charge in [-0.3, -0.25) is 0 Å². The minimum atomic E-state index is -4.84. The molecule has 0 bridgehead atoms. The van der Waals surface area contributed by atoms with Crippen molar-refractivity contribution in [1.29, 1.82) is 0 Å². The first-order valence-corrected chi connectivity index (χ1v) is 5.41. The van der Waals surface area contributed by atoms with Crippen LogP contribution in [0.25, 0.3) is 0 Å². The summed E-state index contributed by atoms with van der Waals surface area (Å²) in [5.41, 5.74) is -1.36. The summed E-state index contributed by atoms with van der Waals surface area (Å²) in [4.78, 5) is 0. The summed E-state index contributed by atoms with van der Waals surface area (Å²) in [7, 11) is 0. The van der Waals surface area contributed by atoms with Crippen LogP contribution < -0.4 is 0 Å². The zero-order valence-corrected chi connectivity index (χ0v) is 9.86. The second kappa shape index (κ2) is 4.88. The molecule has 0 amide bonds. The van der Waals surface area contributed by atoms with Gasteiger partial charge < -0.3 is 9.47 Å². The van der Waals surface area contributed by atoms with Crippen LogP contribution in [0.1, 0.15) is 26.7 Å². The number of rotatable bonds is 1. The minimum absolute atomic E-state index is 0.129. The third-order valence-corrected chi connectivity index (χ3v) is 2.92. The summed E-state index contributed by atoms with van der Waals surface area (Å²) in [6.45, 7) is 2.33. The lowest BCUT2D eigenvalue weighted by atomic mass is 10.0. The summed E-state index contributed by atoms with van der Waals surface area (Å²) in [5, 5.41) is 0. The SMILES string of the molecule is CC[C@@]1(C)COC(C(F)(F)F)CC(C(F)(F)F)O1. The molecule has 1 saturated heterocycles. The second-order valence-corrected chi connectivity index (χ2v) is 4.53. The van der Waals surface area contributed by atoms with Crippen LogP contribution in [0.5, 0.6) is 0 Å². The van der Waals surface area contributed by atoms with Crippen molar-refractivity contribution in [2.24, 2.45) is 0 Å². The fourth-order valence-corrected chi connectivity index (χ4v) is 1.58. The summed E-state index contributed by atoms with van der Waals surface area (Å²) < 4.78 is 84.7. The van der Waals surface area contributed by atoms with Gasteiger partial charge in [-0.15, -0.1) is 0 Å². The van der Waals surface area contributed by atoms with Gasteiger partial charge in [-0.1, -0.05) is 6.92 Å². The van der Waals surface area contributed by atoms with E-state index in [0.717, 1.165) is 0 Å². The molecule has 0 radical (unpaired) electrons. The van der Waals surface area contributed by atoms with Crippen LogP contribution in [-0.4, -0.2) is 36.8 Å². The van der Waals surface area contributed by atoms with Crippen LogP contribution in [0.4, 0.5) is 26.3 Å². The van der Waals surface area contributed by atoms with Gasteiger partial charge in [0.15, 0.2) is 12.2 Å². The molecule has 2 nitrogen and oxygen atoms in total. The van der Waals surface area contributed by atoms with E-state index >= 15 is 0 Å². The molecule has 8 heteroatoms. The summed E-state index contributed by atoms with van der Waals surface area (Å²) >= 11 is 0. The predicted molar refractivity (Wildman–Crippen MR) is 50.0 cm³/mol. The van der Waals surface area contributed by atoms with Crippen molar-refractivity contribution in [3.05, 3.63) is 0 Å². The molecular formula is C10H14F6O2. The van der Waals surface area contributed by atoms with E-state index in [1.807, 2.05) is 0 Å². The first-order chi connectivity index (χ1) is 7.98. The van der Waals surface area contributed by atoms with Gasteiger partial charge in [0.2, 0.25) is 0 Å². The maximum atomic E-state index is 12.6. The van der Waals surface area contributed by atoms with Crippen LogP contribution in [0.3, 0.4) is 0 Å². The third-order valence-electron chi connectivity index (χ3n) is 2.92. The van der Waals surface area contributed by atoms with Gasteiger partial charge in [0.05, 0.1) is 12.2 Å². The number of alkyl halides is 6. The molecule has 0 saturated carbocycles. The topological polar surface area (TPSA) is 18.5 Å². The van der Waals surface area contributed by atoms with Crippen LogP contribution in [0.2, 0.25) is 0 Å². The standard InChI is InChI=1S/C10H14F6O2/c1-3-8(2)5-17-6(9(11,12)13)4-7(18-8)10(14,15)16/h6-7H,3-5H2,1-2H3/t6?,7?,8-/m0/s1. The number of halogens is 6. The molecule has 0 aliphatic carbocycles. The van der Waals surface area contributed by atoms with Crippen LogP contribution in [0.15, 0.2) is 0 Å². The Morgan fingerprint density at radius 2 is 1.56 bits per heavy atom. The van der Waals surface area contributed by atoms with E-state index in [9.17, 15) is 26.3 Å². The molecule has 0 aromatic heterocycles. The molecule has 1 aliphatic rings. The highest BCUT2D eigenvalue weighted by Gasteiger charge is 2.53. The van der Waals surface area contributed by atoms with Gasteiger partial charge in [0, 0.05) is 6.42 Å². The fraction of sp³-hybridized carbons (Fsp3) is 1.00. The lowest BCUT2D eigenvalue weighted by Gasteiger charge is -2.30. The highest BCUT2D eigenvalue weighted by Crippen LogP contribution is 2.38. The Hall–Kier alpha value is -0.500. The molecule has 1 heterocycles. The van der Waals surface area contributed by atoms with Crippen molar-refractivity contribution in [2.75, 3.05) is 6.61 Å². The van der Waals surface area contributed by atoms with Crippen molar-refractivity contribution < 1.29 is 35.8 Å². The first kappa shape index (κ1) is 15.6. The van der Waals surface area contributed by atoms with Crippen LogP contribution >= 0.6 is 0 Å². The normalized spacial score (nSPS) is 35.3. The molecule has 0 aromatic rings. The summed E-state index contributed by atoms with van der Waals surface area (Å²) in [6, 6.07) is 0. The van der Waals surface area contributed by atoms with Crippen molar-refractivity contribution in [2.45, 2.75) is 56.9 Å². The van der Waals surface area contributed by atoms with E-state index < -0.39 is 43.2 Å². The minimum Gasteiger partial charge on any atom is -0.366 e. The van der Waals surface area contributed by atoms with E-state index in [0.29, 0.717) is 0 Å². The monoisotopic (exact) mass is 280 g/mol. The van der Waals surface area contributed by atoms with Crippen LogP contribution in [0, 0.1) is 0 Å². The molecule has 0 N–H and O–H groups in total. The van der Waals surface area contributed by atoms with Gasteiger partial charge in [-0.2, -0.15) is 26.3 Å². The zero-order valence-electron chi connectivity index (χ0n) is 9.86. The van der Waals surface area contributed by atoms with Gasteiger partial charge in [-0.05, 0) is 13.3 Å². The highest BCUT2D eigenvalue weighted by atomic mass is 19.4. The Bertz CT molecular complexity index is 287. The lowest BCUT2D eigenvalue weighted by molar-refractivity contribution is -0.254. The predicted octanol–water partition coefficient (Wildman–Crippen LogP) is 3.45. The largest absolute Gasteiger partial charge is 0.414 e. The Labute approximate surface area is 100 Å². The van der Waals surface area contributed by atoms with Crippen molar-refractivity contribution in [1.82, 2.24) is 0 Å². The van der Waals surface area contributed by atoms with Crippen molar-refractivity contribution in [3.63, 3.8) is 0 Å². The van der Waals surface area contributed by atoms with E-state index in [1.165, 1.54) is 13.8 Å². The van der Waals surface area contributed by atoms with Gasteiger partial charge in [-0.25, -0.2) is 0 Å². The van der Waals surface area contributed by atoms with E-state index in [2.05, 4.69) is 4.74 Å². The molecule has 1 rings (SSSR count).